The molecule has 0 spiro atoms. The fraction of sp³-hybridized carbons (Fsp3) is 0.273. The SMILES string of the molecule is CC(C)n1cc(Nc2nccc(C#N)n2)cn1. The standard InChI is InChI=1S/C11H12N6/c1-8(2)17-7-10(6-14-17)16-11-13-4-3-9(5-12)15-11/h3-4,6-8H,1-2H3,(H,13,15,16). The summed E-state index contributed by atoms with van der Waals surface area (Å²) in [7, 11) is 0. The first-order valence-corrected chi connectivity index (χ1v) is 5.23. The highest BCUT2D eigenvalue weighted by Gasteiger charge is 2.03. The minimum atomic E-state index is 0.303. The summed E-state index contributed by atoms with van der Waals surface area (Å²) in [6.07, 6.45) is 5.11. The van der Waals surface area contributed by atoms with Gasteiger partial charge in [-0.2, -0.15) is 10.4 Å². The Labute approximate surface area is 98.9 Å². The van der Waals surface area contributed by atoms with E-state index in [2.05, 4.69) is 20.4 Å². The zero-order valence-corrected chi connectivity index (χ0v) is 9.62. The van der Waals surface area contributed by atoms with Crippen molar-refractivity contribution in [1.29, 1.82) is 5.26 Å². The smallest absolute Gasteiger partial charge is 0.228 e. The van der Waals surface area contributed by atoms with Gasteiger partial charge in [-0.3, -0.25) is 4.68 Å². The molecule has 17 heavy (non-hydrogen) atoms. The van der Waals surface area contributed by atoms with Crippen LogP contribution in [-0.2, 0) is 0 Å². The van der Waals surface area contributed by atoms with Crippen LogP contribution >= 0.6 is 0 Å². The van der Waals surface area contributed by atoms with E-state index in [0.29, 0.717) is 17.7 Å². The van der Waals surface area contributed by atoms with E-state index in [9.17, 15) is 0 Å². The lowest BCUT2D eigenvalue weighted by atomic mass is 10.4. The molecule has 0 aliphatic heterocycles. The predicted octanol–water partition coefficient (Wildman–Crippen LogP) is 1.87. The van der Waals surface area contributed by atoms with Crippen LogP contribution in [0.25, 0.3) is 0 Å². The second kappa shape index (κ2) is 4.61. The van der Waals surface area contributed by atoms with Gasteiger partial charge in [-0.1, -0.05) is 0 Å². The molecule has 2 aromatic heterocycles. The first-order valence-electron chi connectivity index (χ1n) is 5.23. The van der Waals surface area contributed by atoms with Gasteiger partial charge in [-0.05, 0) is 19.9 Å². The van der Waals surface area contributed by atoms with E-state index in [4.69, 9.17) is 5.26 Å². The summed E-state index contributed by atoms with van der Waals surface area (Å²) in [4.78, 5) is 8.05. The lowest BCUT2D eigenvalue weighted by Crippen LogP contribution is -2.00. The summed E-state index contributed by atoms with van der Waals surface area (Å²) in [5.41, 5.74) is 1.13. The monoisotopic (exact) mass is 228 g/mol. The highest BCUT2D eigenvalue weighted by molar-refractivity contribution is 5.50. The Morgan fingerprint density at radius 2 is 2.29 bits per heavy atom. The maximum Gasteiger partial charge on any atom is 0.228 e. The Kier molecular flexibility index (Phi) is 3.01. The van der Waals surface area contributed by atoms with Gasteiger partial charge in [0.2, 0.25) is 5.95 Å². The third kappa shape index (κ3) is 2.58. The molecule has 2 heterocycles. The summed E-state index contributed by atoms with van der Waals surface area (Å²) in [6, 6.07) is 3.83. The molecule has 86 valence electrons. The van der Waals surface area contributed by atoms with Crippen molar-refractivity contribution in [2.24, 2.45) is 0 Å². The summed E-state index contributed by atoms with van der Waals surface area (Å²) in [6.45, 7) is 4.09. The molecular formula is C11H12N6. The Morgan fingerprint density at radius 3 is 2.94 bits per heavy atom. The molecule has 6 heteroatoms. The molecule has 0 aliphatic carbocycles. The third-order valence-corrected chi connectivity index (χ3v) is 2.16. The molecule has 0 aliphatic rings. The van der Waals surface area contributed by atoms with Gasteiger partial charge in [0.15, 0.2) is 0 Å². The Morgan fingerprint density at radius 1 is 1.47 bits per heavy atom. The molecule has 1 N–H and O–H groups in total. The fourth-order valence-corrected chi connectivity index (χ4v) is 1.30. The van der Waals surface area contributed by atoms with Crippen molar-refractivity contribution in [2.45, 2.75) is 19.9 Å². The van der Waals surface area contributed by atoms with Gasteiger partial charge >= 0.3 is 0 Å². The summed E-state index contributed by atoms with van der Waals surface area (Å²) < 4.78 is 1.83. The van der Waals surface area contributed by atoms with Crippen molar-refractivity contribution in [3.8, 4) is 6.07 Å². The second-order valence-electron chi connectivity index (χ2n) is 3.81. The topological polar surface area (TPSA) is 79.4 Å². The molecule has 2 aromatic rings. The zero-order chi connectivity index (χ0) is 12.3. The van der Waals surface area contributed by atoms with E-state index in [1.807, 2.05) is 30.8 Å². The maximum absolute atomic E-state index is 8.72. The van der Waals surface area contributed by atoms with Gasteiger partial charge in [0.05, 0.1) is 11.9 Å². The third-order valence-electron chi connectivity index (χ3n) is 2.16. The van der Waals surface area contributed by atoms with Crippen LogP contribution < -0.4 is 5.32 Å². The lowest BCUT2D eigenvalue weighted by molar-refractivity contribution is 0.532. The molecule has 0 bridgehead atoms. The van der Waals surface area contributed by atoms with Gasteiger partial charge in [0.1, 0.15) is 11.8 Å². The van der Waals surface area contributed by atoms with Gasteiger partial charge in [-0.25, -0.2) is 9.97 Å². The van der Waals surface area contributed by atoms with Crippen molar-refractivity contribution < 1.29 is 0 Å². The molecule has 0 aromatic carbocycles. The van der Waals surface area contributed by atoms with Crippen molar-refractivity contribution in [1.82, 2.24) is 19.7 Å². The minimum Gasteiger partial charge on any atom is -0.321 e. The summed E-state index contributed by atoms with van der Waals surface area (Å²) in [5, 5.41) is 15.9. The van der Waals surface area contributed by atoms with Gasteiger partial charge in [-0.15, -0.1) is 0 Å². The average molecular weight is 228 g/mol. The number of nitriles is 1. The first kappa shape index (κ1) is 11.1. The number of hydrogen-bond acceptors (Lipinski definition) is 5. The molecule has 6 nitrogen and oxygen atoms in total. The Balaban J connectivity index is 2.17. The van der Waals surface area contributed by atoms with E-state index in [1.54, 1.807) is 18.5 Å². The molecule has 0 amide bonds. The van der Waals surface area contributed by atoms with Gasteiger partial charge in [0, 0.05) is 18.4 Å². The molecule has 0 radical (unpaired) electrons. The Hall–Kier alpha value is -2.42. The van der Waals surface area contributed by atoms with E-state index >= 15 is 0 Å². The number of nitrogens with zero attached hydrogens (tertiary/aromatic N) is 5. The summed E-state index contributed by atoms with van der Waals surface area (Å²) in [5.74, 6) is 0.396. The Bertz CT molecular complexity index is 551. The lowest BCUT2D eigenvalue weighted by Gasteiger charge is -2.03. The molecular weight excluding hydrogens is 216 g/mol. The number of aromatic nitrogens is 4. The summed E-state index contributed by atoms with van der Waals surface area (Å²) >= 11 is 0. The van der Waals surface area contributed by atoms with Crippen molar-refractivity contribution in [3.05, 3.63) is 30.4 Å². The van der Waals surface area contributed by atoms with Crippen LogP contribution in [0.2, 0.25) is 0 Å². The molecule has 0 atom stereocenters. The van der Waals surface area contributed by atoms with Crippen molar-refractivity contribution >= 4 is 11.6 Å². The number of rotatable bonds is 3. The van der Waals surface area contributed by atoms with Crippen molar-refractivity contribution in [3.63, 3.8) is 0 Å². The quantitative estimate of drug-likeness (QED) is 0.867. The molecule has 0 saturated carbocycles. The van der Waals surface area contributed by atoms with Crippen LogP contribution in [0.15, 0.2) is 24.7 Å². The van der Waals surface area contributed by atoms with E-state index in [-0.39, 0.29) is 0 Å². The number of nitrogens with one attached hydrogen (secondary N) is 1. The molecule has 0 saturated heterocycles. The van der Waals surface area contributed by atoms with E-state index < -0.39 is 0 Å². The first-order chi connectivity index (χ1) is 8.19. The van der Waals surface area contributed by atoms with Crippen LogP contribution in [0.4, 0.5) is 11.6 Å². The van der Waals surface area contributed by atoms with Crippen LogP contribution in [-0.4, -0.2) is 19.7 Å². The largest absolute Gasteiger partial charge is 0.321 e. The van der Waals surface area contributed by atoms with Gasteiger partial charge in [0.25, 0.3) is 0 Å². The predicted molar refractivity (Wildman–Crippen MR) is 62.6 cm³/mol. The fourth-order valence-electron chi connectivity index (χ4n) is 1.30. The van der Waals surface area contributed by atoms with Crippen LogP contribution in [0.3, 0.4) is 0 Å². The highest BCUT2D eigenvalue weighted by atomic mass is 15.3. The van der Waals surface area contributed by atoms with E-state index in [0.717, 1.165) is 5.69 Å². The van der Waals surface area contributed by atoms with E-state index in [1.165, 1.54) is 0 Å². The van der Waals surface area contributed by atoms with Crippen LogP contribution in [0.1, 0.15) is 25.6 Å². The normalized spacial score (nSPS) is 10.2. The maximum atomic E-state index is 8.72. The number of hydrogen-bond donors (Lipinski definition) is 1. The van der Waals surface area contributed by atoms with Gasteiger partial charge < -0.3 is 5.32 Å². The van der Waals surface area contributed by atoms with Crippen LogP contribution in [0, 0.1) is 11.3 Å². The van der Waals surface area contributed by atoms with Crippen molar-refractivity contribution in [2.75, 3.05) is 5.32 Å². The zero-order valence-electron chi connectivity index (χ0n) is 9.62. The molecule has 0 unspecified atom stereocenters. The molecule has 2 rings (SSSR count). The average Bonchev–Trinajstić information content (AvgIpc) is 2.78. The molecule has 0 fully saturated rings. The minimum absolute atomic E-state index is 0.303. The second-order valence-corrected chi connectivity index (χ2v) is 3.81. The van der Waals surface area contributed by atoms with Crippen LogP contribution in [0.5, 0.6) is 0 Å². The number of anilines is 2. The highest BCUT2D eigenvalue weighted by Crippen LogP contribution is 2.13.